The summed E-state index contributed by atoms with van der Waals surface area (Å²) in [5.74, 6) is 2.08. The van der Waals surface area contributed by atoms with E-state index in [1.807, 2.05) is 0 Å². The van der Waals surface area contributed by atoms with Gasteiger partial charge in [0.2, 0.25) is 0 Å². The number of amides is 6. The molecule has 0 aliphatic heterocycles. The Hall–Kier alpha value is -2.46. The lowest BCUT2D eigenvalue weighted by Gasteiger charge is -2.19. The minimum atomic E-state index is -0.574. The third-order valence-corrected chi connectivity index (χ3v) is 13.2. The third kappa shape index (κ3) is 27.8. The van der Waals surface area contributed by atoms with E-state index in [2.05, 4.69) is 31.9 Å². The number of nitrogens with one attached hydrogen (secondary N) is 6. The topological polar surface area (TPSA) is 202 Å². The molecule has 0 heterocycles. The largest absolute Gasteiger partial charge is 0.444 e. The Kier molecular flexibility index (Phi) is 25.9. The molecule has 0 bridgehead atoms. The summed E-state index contributed by atoms with van der Waals surface area (Å²) < 4.78 is 15.7. The van der Waals surface area contributed by atoms with Crippen LogP contribution in [0.1, 0.15) is 93.4 Å². The highest BCUT2D eigenvalue weighted by atomic mass is 33.1. The molecule has 0 saturated heterocycles. The van der Waals surface area contributed by atoms with E-state index in [9.17, 15) is 28.8 Å². The Morgan fingerprint density at radius 2 is 0.667 bits per heavy atom. The summed E-state index contributed by atoms with van der Waals surface area (Å²) in [6.45, 7) is 18.4. The summed E-state index contributed by atoms with van der Waals surface area (Å²) in [6, 6.07) is 4.61. The zero-order valence-electron chi connectivity index (χ0n) is 34.3. The number of carbonyl (C=O) groups is 6. The van der Waals surface area contributed by atoms with Crippen LogP contribution in [-0.2, 0) is 14.2 Å². The summed E-state index contributed by atoms with van der Waals surface area (Å²) in [5, 5.41) is 16.6. The molecule has 0 unspecified atom stereocenters. The van der Waals surface area contributed by atoms with E-state index in [1.165, 1.54) is 76.9 Å². The van der Waals surface area contributed by atoms with Gasteiger partial charge in [-0.1, -0.05) is 70.8 Å². The predicted molar refractivity (Wildman–Crippen MR) is 241 cm³/mol. The van der Waals surface area contributed by atoms with Crippen molar-refractivity contribution in [2.24, 2.45) is 0 Å². The maximum Gasteiger partial charge on any atom is 0.407 e. The third-order valence-electron chi connectivity index (χ3n) is 6.00. The molecular weight excluding hydrogens is 853 g/mol. The zero-order valence-corrected chi connectivity index (χ0v) is 39.2. The van der Waals surface area contributed by atoms with Crippen molar-refractivity contribution in [3.63, 3.8) is 0 Å². The summed E-state index contributed by atoms with van der Waals surface area (Å²) in [5.41, 5.74) is -1.57. The Labute approximate surface area is 361 Å². The van der Waals surface area contributed by atoms with Crippen LogP contribution >= 0.6 is 64.8 Å². The fourth-order valence-corrected chi connectivity index (χ4v) is 9.39. The zero-order chi connectivity index (χ0) is 42.9. The van der Waals surface area contributed by atoms with Crippen molar-refractivity contribution < 1.29 is 43.0 Å². The molecule has 57 heavy (non-hydrogen) atoms. The number of ether oxygens (including phenoxy) is 3. The van der Waals surface area contributed by atoms with Gasteiger partial charge in [0.25, 0.3) is 17.7 Å². The lowest BCUT2D eigenvalue weighted by molar-refractivity contribution is 0.0520. The molecule has 0 atom stereocenters. The minimum Gasteiger partial charge on any atom is -0.444 e. The molecule has 324 valence electrons. The van der Waals surface area contributed by atoms with Crippen molar-refractivity contribution in [2.45, 2.75) is 79.1 Å². The van der Waals surface area contributed by atoms with Crippen molar-refractivity contribution in [1.29, 1.82) is 0 Å². The molecule has 1 rings (SSSR count). The number of benzene rings is 1. The minimum absolute atomic E-state index is 0.0165. The van der Waals surface area contributed by atoms with Crippen LogP contribution in [0, 0.1) is 0 Å². The van der Waals surface area contributed by atoms with Gasteiger partial charge in [0.15, 0.2) is 0 Å². The van der Waals surface area contributed by atoms with E-state index in [1.54, 1.807) is 68.4 Å². The maximum atomic E-state index is 13.6. The first kappa shape index (κ1) is 52.6. The van der Waals surface area contributed by atoms with Gasteiger partial charge in [-0.2, -0.15) is 0 Å². The smallest absolute Gasteiger partial charge is 0.407 e. The highest BCUT2D eigenvalue weighted by Crippen LogP contribution is 2.22. The molecule has 21 heteroatoms. The van der Waals surface area contributed by atoms with Crippen LogP contribution in [0.3, 0.4) is 0 Å². The summed E-state index contributed by atoms with van der Waals surface area (Å²) >= 11 is 0. The SMILES string of the molecule is CC(C)(C)OC(=O)NCCSSCCNC(=O)c1cccc(C(=O)NCCSSCCNC(=O)OC(C)(C)C)c1C(=O)NCCSSCCNC(=O)OC(C)(C)C. The number of alkyl carbamates (subject to hydrolysis) is 3. The summed E-state index contributed by atoms with van der Waals surface area (Å²) in [7, 11) is 9.17. The van der Waals surface area contributed by atoms with Crippen LogP contribution in [0.15, 0.2) is 18.2 Å². The Bertz CT molecular complexity index is 1360. The van der Waals surface area contributed by atoms with Crippen LogP contribution in [0.5, 0.6) is 0 Å². The van der Waals surface area contributed by atoms with Crippen molar-refractivity contribution in [3.8, 4) is 0 Å². The first-order chi connectivity index (χ1) is 26.7. The Morgan fingerprint density at radius 1 is 0.421 bits per heavy atom. The van der Waals surface area contributed by atoms with E-state index >= 15 is 0 Å². The Morgan fingerprint density at radius 3 is 0.930 bits per heavy atom. The molecule has 0 aliphatic rings. The molecular formula is C36H60N6O9S6. The molecule has 0 aliphatic carbocycles. The maximum absolute atomic E-state index is 13.6. The lowest BCUT2D eigenvalue weighted by Crippen LogP contribution is -2.35. The predicted octanol–water partition coefficient (Wildman–Crippen LogP) is 6.59. The fourth-order valence-electron chi connectivity index (χ4n) is 3.95. The highest BCUT2D eigenvalue weighted by Gasteiger charge is 2.24. The summed E-state index contributed by atoms with van der Waals surface area (Å²) in [4.78, 5) is 75.7. The first-order valence-electron chi connectivity index (χ1n) is 18.3. The average molecular weight is 913 g/mol. The van der Waals surface area contributed by atoms with Crippen LogP contribution < -0.4 is 31.9 Å². The van der Waals surface area contributed by atoms with E-state index in [0.29, 0.717) is 67.2 Å². The van der Waals surface area contributed by atoms with E-state index in [0.717, 1.165) is 0 Å². The monoisotopic (exact) mass is 912 g/mol. The van der Waals surface area contributed by atoms with Gasteiger partial charge in [-0.25, -0.2) is 14.4 Å². The molecule has 15 nitrogen and oxygen atoms in total. The van der Waals surface area contributed by atoms with Crippen molar-refractivity contribution in [2.75, 3.05) is 73.8 Å². The van der Waals surface area contributed by atoms with Gasteiger partial charge in [-0.15, -0.1) is 0 Å². The van der Waals surface area contributed by atoms with Gasteiger partial charge in [-0.3, -0.25) is 14.4 Å². The van der Waals surface area contributed by atoms with Crippen molar-refractivity contribution in [1.82, 2.24) is 31.9 Å². The second-order valence-corrected chi connectivity index (χ2v) is 22.8. The molecule has 1 aromatic carbocycles. The van der Waals surface area contributed by atoms with Crippen molar-refractivity contribution in [3.05, 3.63) is 34.9 Å². The molecule has 0 fully saturated rings. The van der Waals surface area contributed by atoms with Gasteiger partial charge in [0, 0.05) is 73.8 Å². The molecule has 0 radical (unpaired) electrons. The van der Waals surface area contributed by atoms with Gasteiger partial charge >= 0.3 is 18.3 Å². The second-order valence-electron chi connectivity index (χ2n) is 14.7. The van der Waals surface area contributed by atoms with Gasteiger partial charge < -0.3 is 46.1 Å². The Balaban J connectivity index is 2.72. The molecule has 6 N–H and O–H groups in total. The standard InChI is InChI=1S/C36H60N6O9S6/c1-34(2,3)49-31(46)40-16-22-55-52-19-13-37-28(43)25-11-10-12-26(29(44)38-14-20-53-56-23-17-41-32(47)50-35(4,5)6)27(25)30(45)39-15-21-54-57-24-18-42-33(48)51-36(7,8)9/h10-12H,13-24H2,1-9H3,(H,37,43)(H,38,44)(H,39,45)(H,40,46)(H,41,47)(H,42,48). The summed E-state index contributed by atoms with van der Waals surface area (Å²) in [6.07, 6.45) is -1.43. The van der Waals surface area contributed by atoms with Crippen LogP contribution in [0.2, 0.25) is 0 Å². The number of rotatable bonds is 24. The van der Waals surface area contributed by atoms with Crippen LogP contribution in [0.4, 0.5) is 14.4 Å². The number of hydrogen-bond acceptors (Lipinski definition) is 15. The van der Waals surface area contributed by atoms with Crippen molar-refractivity contribution >= 4 is 101 Å². The molecule has 1 aromatic rings. The van der Waals surface area contributed by atoms with Gasteiger partial charge in [-0.05, 0) is 74.4 Å². The second kappa shape index (κ2) is 28.1. The van der Waals surface area contributed by atoms with Crippen LogP contribution in [-0.4, -0.2) is 127 Å². The van der Waals surface area contributed by atoms with E-state index < -0.39 is 52.8 Å². The van der Waals surface area contributed by atoms with Gasteiger partial charge in [0.1, 0.15) is 16.8 Å². The molecule has 0 spiro atoms. The van der Waals surface area contributed by atoms with E-state index in [-0.39, 0.29) is 23.2 Å². The van der Waals surface area contributed by atoms with E-state index in [4.69, 9.17) is 14.2 Å². The normalized spacial score (nSPS) is 11.5. The van der Waals surface area contributed by atoms with Gasteiger partial charge in [0.05, 0.1) is 16.7 Å². The fraction of sp³-hybridized carbons (Fsp3) is 0.667. The lowest BCUT2D eigenvalue weighted by atomic mass is 9.98. The highest BCUT2D eigenvalue weighted by molar-refractivity contribution is 8.77. The molecule has 6 amide bonds. The average Bonchev–Trinajstić information content (AvgIpc) is 3.08. The molecule has 0 saturated carbocycles. The first-order valence-corrected chi connectivity index (χ1v) is 25.8. The number of carbonyl (C=O) groups excluding carboxylic acids is 6. The quantitative estimate of drug-likeness (QED) is 0.0368. The number of hydrogen-bond donors (Lipinski definition) is 6. The molecule has 0 aromatic heterocycles. The van der Waals surface area contributed by atoms with Crippen LogP contribution in [0.25, 0.3) is 0 Å².